The lowest BCUT2D eigenvalue weighted by atomic mass is 10.1. The van der Waals surface area contributed by atoms with Crippen LogP contribution in [0.4, 0.5) is 8.78 Å². The highest BCUT2D eigenvalue weighted by molar-refractivity contribution is 9.10. The van der Waals surface area contributed by atoms with E-state index in [0.717, 1.165) is 6.07 Å². The van der Waals surface area contributed by atoms with Crippen molar-refractivity contribution in [3.63, 3.8) is 0 Å². The third-order valence-electron chi connectivity index (χ3n) is 1.60. The normalized spacial score (nSPS) is 10.5. The second-order valence-corrected chi connectivity index (χ2v) is 3.31. The van der Waals surface area contributed by atoms with E-state index in [9.17, 15) is 8.78 Å². The largest absolute Gasteiger partial charge is 0.505 e. The van der Waals surface area contributed by atoms with E-state index in [0.29, 0.717) is 0 Å². The van der Waals surface area contributed by atoms with E-state index in [1.54, 1.807) is 0 Å². The zero-order chi connectivity index (χ0) is 10.0. The minimum atomic E-state index is -0.906. The van der Waals surface area contributed by atoms with Gasteiger partial charge in [-0.25, -0.2) is 8.78 Å². The van der Waals surface area contributed by atoms with Crippen LogP contribution < -0.4 is 0 Å². The van der Waals surface area contributed by atoms with Crippen molar-refractivity contribution >= 4 is 15.9 Å². The topological polar surface area (TPSA) is 40.5 Å². The Balaban J connectivity index is 3.28. The molecular weight excluding hydrogens is 246 g/mol. The third-order valence-corrected chi connectivity index (χ3v) is 2.18. The van der Waals surface area contributed by atoms with Gasteiger partial charge in [0.05, 0.1) is 4.47 Å². The average Bonchev–Trinajstić information content (AvgIpc) is 2.09. The minimum absolute atomic E-state index is 0.0637. The van der Waals surface area contributed by atoms with Crippen LogP contribution in [-0.4, -0.2) is 16.8 Å². The van der Waals surface area contributed by atoms with Crippen LogP contribution in [0.15, 0.2) is 10.5 Å². The van der Waals surface area contributed by atoms with Crippen molar-refractivity contribution in [1.29, 1.82) is 0 Å². The molecule has 1 rings (SSSR count). The first-order valence-electron chi connectivity index (χ1n) is 3.54. The predicted molar refractivity (Wildman–Crippen MR) is 46.5 cm³/mol. The first kappa shape index (κ1) is 10.4. The molecule has 0 radical (unpaired) electrons. The quantitative estimate of drug-likeness (QED) is 0.791. The molecular formula is C8H7BrF2O2. The second-order valence-electron chi connectivity index (χ2n) is 2.45. The van der Waals surface area contributed by atoms with E-state index in [-0.39, 0.29) is 23.1 Å². The van der Waals surface area contributed by atoms with Crippen LogP contribution in [0.25, 0.3) is 0 Å². The van der Waals surface area contributed by atoms with E-state index >= 15 is 0 Å². The van der Waals surface area contributed by atoms with Gasteiger partial charge in [0.15, 0.2) is 11.6 Å². The summed E-state index contributed by atoms with van der Waals surface area (Å²) < 4.78 is 25.9. The molecule has 0 spiro atoms. The van der Waals surface area contributed by atoms with Gasteiger partial charge >= 0.3 is 0 Å². The lowest BCUT2D eigenvalue weighted by Gasteiger charge is -2.06. The molecule has 2 nitrogen and oxygen atoms in total. The highest BCUT2D eigenvalue weighted by atomic mass is 79.9. The first-order chi connectivity index (χ1) is 6.07. The summed E-state index contributed by atoms with van der Waals surface area (Å²) in [5.74, 6) is -2.39. The molecule has 0 heterocycles. The van der Waals surface area contributed by atoms with Gasteiger partial charge in [0.1, 0.15) is 5.82 Å². The first-order valence-corrected chi connectivity index (χ1v) is 4.33. The summed E-state index contributed by atoms with van der Waals surface area (Å²) in [7, 11) is 0. The van der Waals surface area contributed by atoms with E-state index in [4.69, 9.17) is 10.2 Å². The minimum Gasteiger partial charge on any atom is -0.505 e. The van der Waals surface area contributed by atoms with Crippen molar-refractivity contribution in [3.8, 4) is 5.75 Å². The second kappa shape index (κ2) is 4.02. The van der Waals surface area contributed by atoms with Crippen LogP contribution in [0, 0.1) is 11.6 Å². The Labute approximate surface area is 81.9 Å². The number of rotatable bonds is 2. The average molecular weight is 253 g/mol. The van der Waals surface area contributed by atoms with Crippen molar-refractivity contribution in [1.82, 2.24) is 0 Å². The van der Waals surface area contributed by atoms with Crippen molar-refractivity contribution in [2.24, 2.45) is 0 Å². The molecule has 0 saturated carbocycles. The molecule has 0 unspecified atom stereocenters. The summed E-state index contributed by atoms with van der Waals surface area (Å²) in [4.78, 5) is 0. The van der Waals surface area contributed by atoms with Gasteiger partial charge in [0, 0.05) is 18.6 Å². The molecule has 0 amide bonds. The SMILES string of the molecule is OCCc1c(O)c(F)cc(Br)c1F. The van der Waals surface area contributed by atoms with Gasteiger partial charge in [0.25, 0.3) is 0 Å². The Morgan fingerprint density at radius 1 is 1.38 bits per heavy atom. The molecule has 0 aliphatic carbocycles. The summed E-state index contributed by atoms with van der Waals surface area (Å²) in [6, 6.07) is 0.839. The van der Waals surface area contributed by atoms with Gasteiger partial charge in [-0.05, 0) is 22.0 Å². The van der Waals surface area contributed by atoms with E-state index in [1.165, 1.54) is 0 Å². The predicted octanol–water partition coefficient (Wildman–Crippen LogP) is 1.97. The van der Waals surface area contributed by atoms with Gasteiger partial charge in [-0.3, -0.25) is 0 Å². The number of aromatic hydroxyl groups is 1. The lowest BCUT2D eigenvalue weighted by molar-refractivity contribution is 0.293. The number of halogens is 3. The van der Waals surface area contributed by atoms with Crippen LogP contribution in [0.3, 0.4) is 0 Å². The summed E-state index contributed by atoms with van der Waals surface area (Å²) in [6.45, 7) is -0.347. The summed E-state index contributed by atoms with van der Waals surface area (Å²) in [5, 5.41) is 17.6. The highest BCUT2D eigenvalue weighted by Crippen LogP contribution is 2.30. The summed E-state index contributed by atoms with van der Waals surface area (Å²) in [5.41, 5.74) is -0.214. The number of aliphatic hydroxyl groups excluding tert-OH is 1. The standard InChI is InChI=1S/C8H7BrF2O2/c9-5-3-6(10)8(13)4(1-2-12)7(5)11/h3,12-13H,1-2H2. The smallest absolute Gasteiger partial charge is 0.166 e. The molecule has 13 heavy (non-hydrogen) atoms. The molecule has 0 bridgehead atoms. The maximum atomic E-state index is 13.1. The van der Waals surface area contributed by atoms with Crippen LogP contribution >= 0.6 is 15.9 Å². The van der Waals surface area contributed by atoms with Crippen LogP contribution in [0.1, 0.15) is 5.56 Å². The van der Waals surface area contributed by atoms with Crippen LogP contribution in [0.5, 0.6) is 5.75 Å². The molecule has 0 saturated heterocycles. The Morgan fingerprint density at radius 3 is 2.54 bits per heavy atom. The van der Waals surface area contributed by atoms with Crippen molar-refractivity contribution in [3.05, 3.63) is 27.7 Å². The highest BCUT2D eigenvalue weighted by Gasteiger charge is 2.15. The molecule has 0 aromatic heterocycles. The van der Waals surface area contributed by atoms with Gasteiger partial charge in [-0.15, -0.1) is 0 Å². The molecule has 0 fully saturated rings. The molecule has 1 aromatic carbocycles. The van der Waals surface area contributed by atoms with Crippen LogP contribution in [0.2, 0.25) is 0 Å². The van der Waals surface area contributed by atoms with E-state index < -0.39 is 17.4 Å². The van der Waals surface area contributed by atoms with Crippen molar-refractivity contribution < 1.29 is 19.0 Å². The Hall–Kier alpha value is -0.680. The zero-order valence-electron chi connectivity index (χ0n) is 6.52. The molecule has 72 valence electrons. The molecule has 0 aliphatic heterocycles. The number of hydrogen-bond donors (Lipinski definition) is 2. The number of aliphatic hydroxyl groups is 1. The maximum absolute atomic E-state index is 13.1. The van der Waals surface area contributed by atoms with Gasteiger partial charge in [0.2, 0.25) is 0 Å². The number of phenols is 1. The van der Waals surface area contributed by atoms with Gasteiger partial charge in [-0.2, -0.15) is 0 Å². The Morgan fingerprint density at radius 2 is 2.00 bits per heavy atom. The van der Waals surface area contributed by atoms with Gasteiger partial charge in [-0.1, -0.05) is 0 Å². The molecule has 5 heteroatoms. The molecule has 1 aromatic rings. The Bertz CT molecular complexity index is 302. The molecule has 0 aliphatic rings. The number of phenolic OH excluding ortho intramolecular Hbond substituents is 1. The van der Waals surface area contributed by atoms with Crippen molar-refractivity contribution in [2.45, 2.75) is 6.42 Å². The number of benzene rings is 1. The van der Waals surface area contributed by atoms with Crippen LogP contribution in [-0.2, 0) is 6.42 Å². The number of hydrogen-bond acceptors (Lipinski definition) is 2. The fourth-order valence-corrected chi connectivity index (χ4v) is 1.42. The summed E-state index contributed by atoms with van der Waals surface area (Å²) in [6.07, 6.45) is -0.117. The van der Waals surface area contributed by atoms with Crippen molar-refractivity contribution in [2.75, 3.05) is 6.61 Å². The zero-order valence-corrected chi connectivity index (χ0v) is 8.11. The maximum Gasteiger partial charge on any atom is 0.166 e. The monoisotopic (exact) mass is 252 g/mol. The fourth-order valence-electron chi connectivity index (χ4n) is 0.975. The molecule has 2 N–H and O–H groups in total. The fraction of sp³-hybridized carbons (Fsp3) is 0.250. The third kappa shape index (κ3) is 1.97. The molecule has 0 atom stereocenters. The lowest BCUT2D eigenvalue weighted by Crippen LogP contribution is -1.98. The van der Waals surface area contributed by atoms with E-state index in [1.807, 2.05) is 0 Å². The van der Waals surface area contributed by atoms with Gasteiger partial charge < -0.3 is 10.2 Å². The Kier molecular flexibility index (Phi) is 3.22. The van der Waals surface area contributed by atoms with E-state index in [2.05, 4.69) is 15.9 Å². The summed E-state index contributed by atoms with van der Waals surface area (Å²) >= 11 is 2.79.